The van der Waals surface area contributed by atoms with Crippen molar-refractivity contribution in [1.29, 1.82) is 0 Å². The molecule has 1 amide bonds. The monoisotopic (exact) mass is 461 g/mol. The molecule has 2 N–H and O–H groups in total. The first-order valence-corrected chi connectivity index (χ1v) is 11.6. The standard InChI is InChI=1S/C23H29Cl2N5O/c1-14-12-20(30(2)3)29-22(26-14)28-17-7-5-16(6-8-17)27-21(31)23(10-11-23)18-9-4-15(24)13-19(18)25/h4,9,12-13,16-17H,5-8,10-11H2,1-3H3,(H,27,31)(H,26,28,29)/t16-,17+. The highest BCUT2D eigenvalue weighted by molar-refractivity contribution is 6.35. The number of carbonyl (C=O) groups is 1. The predicted molar refractivity (Wildman–Crippen MR) is 126 cm³/mol. The van der Waals surface area contributed by atoms with Crippen molar-refractivity contribution in [1.82, 2.24) is 15.3 Å². The van der Waals surface area contributed by atoms with Gasteiger partial charge in [-0.05, 0) is 63.1 Å². The Balaban J connectivity index is 1.33. The van der Waals surface area contributed by atoms with Crippen LogP contribution < -0.4 is 15.5 Å². The van der Waals surface area contributed by atoms with Crippen molar-refractivity contribution in [2.45, 2.75) is 62.9 Å². The topological polar surface area (TPSA) is 70.2 Å². The molecule has 2 aromatic rings. The van der Waals surface area contributed by atoms with E-state index in [1.54, 1.807) is 6.07 Å². The average Bonchev–Trinajstić information content (AvgIpc) is 3.51. The first-order chi connectivity index (χ1) is 14.8. The zero-order valence-electron chi connectivity index (χ0n) is 18.2. The maximum absolute atomic E-state index is 13.1. The Kier molecular flexibility index (Phi) is 6.31. The number of aromatic nitrogens is 2. The molecule has 0 bridgehead atoms. The minimum atomic E-state index is -0.491. The molecule has 1 heterocycles. The van der Waals surface area contributed by atoms with Gasteiger partial charge >= 0.3 is 0 Å². The number of hydrogen-bond acceptors (Lipinski definition) is 5. The highest BCUT2D eigenvalue weighted by Gasteiger charge is 2.52. The van der Waals surface area contributed by atoms with Crippen LogP contribution in [0.3, 0.4) is 0 Å². The molecule has 4 rings (SSSR count). The zero-order chi connectivity index (χ0) is 22.2. The van der Waals surface area contributed by atoms with Gasteiger partial charge in [-0.1, -0.05) is 29.3 Å². The van der Waals surface area contributed by atoms with E-state index in [0.29, 0.717) is 22.0 Å². The van der Waals surface area contributed by atoms with Crippen LogP contribution in [0.15, 0.2) is 24.3 Å². The summed E-state index contributed by atoms with van der Waals surface area (Å²) in [5, 5.41) is 7.93. The number of halogens is 2. The lowest BCUT2D eigenvalue weighted by atomic mass is 9.89. The minimum Gasteiger partial charge on any atom is -0.363 e. The maximum Gasteiger partial charge on any atom is 0.230 e. The normalized spacial score (nSPS) is 22.0. The third-order valence-corrected chi connectivity index (χ3v) is 6.87. The molecule has 31 heavy (non-hydrogen) atoms. The SMILES string of the molecule is Cc1cc(N(C)C)nc(N[C@H]2CC[C@@H](NC(=O)C3(c4ccc(Cl)cc4Cl)CC3)CC2)n1. The van der Waals surface area contributed by atoms with Gasteiger partial charge in [0.15, 0.2) is 0 Å². The molecular weight excluding hydrogens is 433 g/mol. The summed E-state index contributed by atoms with van der Waals surface area (Å²) in [7, 11) is 3.95. The number of nitrogens with zero attached hydrogens (tertiary/aromatic N) is 3. The van der Waals surface area contributed by atoms with Crippen molar-refractivity contribution in [2.75, 3.05) is 24.3 Å². The van der Waals surface area contributed by atoms with Gasteiger partial charge in [-0.3, -0.25) is 4.79 Å². The van der Waals surface area contributed by atoms with Crippen molar-refractivity contribution in [3.8, 4) is 0 Å². The lowest BCUT2D eigenvalue weighted by molar-refractivity contribution is -0.124. The van der Waals surface area contributed by atoms with Crippen LogP contribution in [-0.4, -0.2) is 42.1 Å². The summed E-state index contributed by atoms with van der Waals surface area (Å²) in [6, 6.07) is 7.88. The Bertz CT molecular complexity index is 968. The number of amides is 1. The van der Waals surface area contributed by atoms with E-state index >= 15 is 0 Å². The fraction of sp³-hybridized carbons (Fsp3) is 0.522. The van der Waals surface area contributed by atoms with Crippen LogP contribution in [-0.2, 0) is 10.2 Å². The molecular formula is C23H29Cl2N5O. The summed E-state index contributed by atoms with van der Waals surface area (Å²) in [4.78, 5) is 24.2. The minimum absolute atomic E-state index is 0.0887. The van der Waals surface area contributed by atoms with Crippen LogP contribution in [0.2, 0.25) is 10.0 Å². The number of hydrogen-bond donors (Lipinski definition) is 2. The van der Waals surface area contributed by atoms with Crippen LogP contribution in [0.5, 0.6) is 0 Å². The molecule has 2 saturated carbocycles. The molecule has 0 unspecified atom stereocenters. The second-order valence-electron chi connectivity index (χ2n) is 8.96. The van der Waals surface area contributed by atoms with Crippen LogP contribution in [0.4, 0.5) is 11.8 Å². The highest BCUT2D eigenvalue weighted by Crippen LogP contribution is 2.51. The molecule has 1 aromatic carbocycles. The van der Waals surface area contributed by atoms with Crippen molar-refractivity contribution >= 4 is 40.9 Å². The molecule has 166 valence electrons. The van der Waals surface area contributed by atoms with Crippen LogP contribution in [0.1, 0.15) is 49.8 Å². The first kappa shape index (κ1) is 22.2. The quantitative estimate of drug-likeness (QED) is 0.650. The lowest BCUT2D eigenvalue weighted by Crippen LogP contribution is -2.44. The summed E-state index contributed by atoms with van der Waals surface area (Å²) in [6.07, 6.45) is 5.45. The number of rotatable bonds is 6. The molecule has 2 aliphatic carbocycles. The number of carbonyl (C=O) groups excluding carboxylic acids is 1. The van der Waals surface area contributed by atoms with Crippen molar-refractivity contribution in [3.05, 3.63) is 45.6 Å². The predicted octanol–water partition coefficient (Wildman–Crippen LogP) is 4.73. The zero-order valence-corrected chi connectivity index (χ0v) is 19.7. The van der Waals surface area contributed by atoms with E-state index in [1.165, 1.54) is 0 Å². The molecule has 0 aliphatic heterocycles. The van der Waals surface area contributed by atoms with Crippen molar-refractivity contribution in [3.63, 3.8) is 0 Å². The molecule has 8 heteroatoms. The first-order valence-electron chi connectivity index (χ1n) is 10.8. The Hall–Kier alpha value is -2.05. The van der Waals surface area contributed by atoms with E-state index < -0.39 is 5.41 Å². The molecule has 1 aromatic heterocycles. The molecule has 0 spiro atoms. The van der Waals surface area contributed by atoms with Crippen molar-refractivity contribution < 1.29 is 4.79 Å². The van der Waals surface area contributed by atoms with Gasteiger partial charge in [0.05, 0.1) is 5.41 Å². The largest absolute Gasteiger partial charge is 0.363 e. The van der Waals surface area contributed by atoms with Gasteiger partial charge in [0.1, 0.15) is 5.82 Å². The Labute approximate surface area is 193 Å². The van der Waals surface area contributed by atoms with Crippen LogP contribution >= 0.6 is 23.2 Å². The van der Waals surface area contributed by atoms with Crippen molar-refractivity contribution in [2.24, 2.45) is 0 Å². The lowest BCUT2D eigenvalue weighted by Gasteiger charge is -2.31. The fourth-order valence-corrected chi connectivity index (χ4v) is 4.94. The summed E-state index contributed by atoms with van der Waals surface area (Å²) >= 11 is 12.4. The maximum atomic E-state index is 13.1. The van der Waals surface area contributed by atoms with E-state index in [1.807, 2.05) is 44.1 Å². The number of benzene rings is 1. The Morgan fingerprint density at radius 3 is 2.35 bits per heavy atom. The smallest absolute Gasteiger partial charge is 0.230 e. The van der Waals surface area contributed by atoms with E-state index in [0.717, 1.165) is 55.6 Å². The fourth-order valence-electron chi connectivity index (χ4n) is 4.36. The van der Waals surface area contributed by atoms with Gasteiger partial charge in [0, 0.05) is 48.0 Å². The van der Waals surface area contributed by atoms with E-state index in [2.05, 4.69) is 20.6 Å². The Morgan fingerprint density at radius 2 is 1.74 bits per heavy atom. The summed E-state index contributed by atoms with van der Waals surface area (Å²) in [6.45, 7) is 1.98. The van der Waals surface area contributed by atoms with Gasteiger partial charge in [0.2, 0.25) is 11.9 Å². The summed E-state index contributed by atoms with van der Waals surface area (Å²) in [5.41, 5.74) is 1.34. The number of aryl methyl sites for hydroxylation is 1. The second-order valence-corrected chi connectivity index (χ2v) is 9.80. The van der Waals surface area contributed by atoms with Crippen LogP contribution in [0, 0.1) is 6.92 Å². The molecule has 0 saturated heterocycles. The van der Waals surface area contributed by atoms with Gasteiger partial charge in [-0.2, -0.15) is 4.98 Å². The van der Waals surface area contributed by atoms with E-state index in [4.69, 9.17) is 23.2 Å². The molecule has 0 atom stereocenters. The third kappa shape index (κ3) is 4.90. The molecule has 2 fully saturated rings. The summed E-state index contributed by atoms with van der Waals surface area (Å²) in [5.74, 6) is 1.66. The van der Waals surface area contributed by atoms with Gasteiger partial charge in [0.25, 0.3) is 0 Å². The van der Waals surface area contributed by atoms with Gasteiger partial charge in [-0.25, -0.2) is 4.98 Å². The third-order valence-electron chi connectivity index (χ3n) is 6.33. The number of anilines is 2. The number of nitrogens with one attached hydrogen (secondary N) is 2. The molecule has 6 nitrogen and oxygen atoms in total. The average molecular weight is 462 g/mol. The van der Waals surface area contributed by atoms with Gasteiger partial charge in [-0.15, -0.1) is 0 Å². The second kappa shape index (κ2) is 8.83. The molecule has 0 radical (unpaired) electrons. The van der Waals surface area contributed by atoms with E-state index in [9.17, 15) is 4.79 Å². The van der Waals surface area contributed by atoms with Crippen LogP contribution in [0.25, 0.3) is 0 Å². The van der Waals surface area contributed by atoms with E-state index in [-0.39, 0.29) is 11.9 Å². The summed E-state index contributed by atoms with van der Waals surface area (Å²) < 4.78 is 0. The Morgan fingerprint density at radius 1 is 1.06 bits per heavy atom. The highest BCUT2D eigenvalue weighted by atomic mass is 35.5. The van der Waals surface area contributed by atoms with Gasteiger partial charge < -0.3 is 15.5 Å². The molecule has 2 aliphatic rings.